The molecule has 0 fully saturated rings. The summed E-state index contributed by atoms with van der Waals surface area (Å²) in [6.45, 7) is 2.44. The van der Waals surface area contributed by atoms with Gasteiger partial charge in [0.2, 0.25) is 0 Å². The van der Waals surface area contributed by atoms with E-state index in [2.05, 4.69) is 17.6 Å². The largest absolute Gasteiger partial charge is 0.506 e. The predicted octanol–water partition coefficient (Wildman–Crippen LogP) is 9.35. The predicted molar refractivity (Wildman–Crippen MR) is 165 cm³/mol. The average Bonchev–Trinajstić information content (AvgIpc) is 2.94. The van der Waals surface area contributed by atoms with Crippen LogP contribution in [0.3, 0.4) is 0 Å². The van der Waals surface area contributed by atoms with E-state index in [1.165, 1.54) is 44.9 Å². The van der Waals surface area contributed by atoms with Gasteiger partial charge in [-0.05, 0) is 36.8 Å². The van der Waals surface area contributed by atoms with Gasteiger partial charge in [-0.3, -0.25) is 0 Å². The van der Waals surface area contributed by atoms with E-state index in [-0.39, 0.29) is 12.3 Å². The maximum absolute atomic E-state index is 13.5. The number of aromatic hydroxyl groups is 1. The summed E-state index contributed by atoms with van der Waals surface area (Å²) >= 11 is 6.53. The van der Waals surface area contributed by atoms with E-state index in [1.54, 1.807) is 36.4 Å². The van der Waals surface area contributed by atoms with Crippen molar-refractivity contribution in [1.82, 2.24) is 0 Å². The van der Waals surface area contributed by atoms with Crippen LogP contribution in [0, 0.1) is 0 Å². The molecule has 39 heavy (non-hydrogen) atoms. The Hall–Kier alpha value is -2.70. The van der Waals surface area contributed by atoms with Crippen molar-refractivity contribution in [2.75, 3.05) is 17.2 Å². The SMILES string of the molecule is CCCCCCCCCCCCC(CNc1cc(O)c(Nc2ccccc2)cc1Cl)S(=O)(=O)c1ccccc1. The maximum Gasteiger partial charge on any atom is 0.182 e. The molecule has 0 saturated carbocycles. The Balaban J connectivity index is 1.60. The first-order valence-corrected chi connectivity index (χ1v) is 16.2. The fraction of sp³-hybridized carbons (Fsp3) is 0.438. The summed E-state index contributed by atoms with van der Waals surface area (Å²) in [4.78, 5) is 0.334. The van der Waals surface area contributed by atoms with E-state index in [0.29, 0.717) is 27.7 Å². The molecule has 0 bridgehead atoms. The van der Waals surface area contributed by atoms with Crippen molar-refractivity contribution in [3.8, 4) is 5.75 Å². The third-order valence-electron chi connectivity index (χ3n) is 7.05. The first-order chi connectivity index (χ1) is 18.9. The maximum atomic E-state index is 13.5. The van der Waals surface area contributed by atoms with Crippen LogP contribution in [0.1, 0.15) is 77.6 Å². The summed E-state index contributed by atoms with van der Waals surface area (Å²) in [5.74, 6) is 0.0305. The molecular formula is C32H43ClN2O3S. The first kappa shape index (κ1) is 30.8. The van der Waals surface area contributed by atoms with Crippen molar-refractivity contribution in [3.05, 3.63) is 77.8 Å². The quantitative estimate of drug-likeness (QED) is 0.105. The average molecular weight is 571 g/mol. The number of phenols is 1. The lowest BCUT2D eigenvalue weighted by atomic mass is 10.1. The first-order valence-electron chi connectivity index (χ1n) is 14.3. The highest BCUT2D eigenvalue weighted by Gasteiger charge is 2.27. The molecule has 0 amide bonds. The standard InChI is InChI=1S/C32H43ClN2O3S/c1-2-3-4-5-6-7-8-9-10-15-22-28(39(37,38)27-20-16-12-17-21-27)25-34-30-24-32(36)31(23-29(30)33)35-26-18-13-11-14-19-26/h11-14,16-21,23-24,28,34-36H,2-10,15,22,25H2,1H3. The number of para-hydroxylation sites is 1. The number of anilines is 3. The van der Waals surface area contributed by atoms with E-state index in [4.69, 9.17) is 11.6 Å². The summed E-state index contributed by atoms with van der Waals surface area (Å²) in [6, 6.07) is 21.3. The number of sulfone groups is 1. The van der Waals surface area contributed by atoms with Gasteiger partial charge in [0.05, 0.1) is 26.5 Å². The molecule has 1 unspecified atom stereocenters. The van der Waals surface area contributed by atoms with Crippen LogP contribution in [0.2, 0.25) is 5.02 Å². The third-order valence-corrected chi connectivity index (χ3v) is 9.57. The zero-order valence-electron chi connectivity index (χ0n) is 23.0. The molecule has 0 saturated heterocycles. The molecule has 3 N–H and O–H groups in total. The molecule has 0 aromatic heterocycles. The molecule has 212 valence electrons. The van der Waals surface area contributed by atoms with E-state index in [9.17, 15) is 13.5 Å². The summed E-state index contributed by atoms with van der Waals surface area (Å²) in [6.07, 6.45) is 12.6. The second kappa shape index (κ2) is 16.4. The fourth-order valence-electron chi connectivity index (χ4n) is 4.73. The molecule has 3 rings (SSSR count). The Bertz CT molecular complexity index is 1220. The second-order valence-corrected chi connectivity index (χ2v) is 12.8. The summed E-state index contributed by atoms with van der Waals surface area (Å²) in [7, 11) is -3.53. The molecule has 0 aliphatic carbocycles. The van der Waals surface area contributed by atoms with E-state index in [0.717, 1.165) is 24.9 Å². The molecule has 5 nitrogen and oxygen atoms in total. The van der Waals surface area contributed by atoms with Crippen LogP contribution in [-0.4, -0.2) is 25.3 Å². The van der Waals surface area contributed by atoms with Gasteiger partial charge in [-0.15, -0.1) is 0 Å². The molecule has 0 heterocycles. The smallest absolute Gasteiger partial charge is 0.182 e. The number of halogens is 1. The van der Waals surface area contributed by atoms with Crippen LogP contribution in [-0.2, 0) is 9.84 Å². The van der Waals surface area contributed by atoms with Crippen LogP contribution < -0.4 is 10.6 Å². The molecule has 7 heteroatoms. The number of benzene rings is 3. The topological polar surface area (TPSA) is 78.4 Å². The van der Waals surface area contributed by atoms with Crippen molar-refractivity contribution in [2.24, 2.45) is 0 Å². The summed E-state index contributed by atoms with van der Waals surface area (Å²) < 4.78 is 27.0. The van der Waals surface area contributed by atoms with Gasteiger partial charge >= 0.3 is 0 Å². The van der Waals surface area contributed by atoms with Gasteiger partial charge in [0.15, 0.2) is 9.84 Å². The molecule has 3 aromatic rings. The van der Waals surface area contributed by atoms with Crippen molar-refractivity contribution in [3.63, 3.8) is 0 Å². The van der Waals surface area contributed by atoms with E-state index in [1.807, 2.05) is 36.4 Å². The van der Waals surface area contributed by atoms with Gasteiger partial charge < -0.3 is 15.7 Å². The highest BCUT2D eigenvalue weighted by Crippen LogP contribution is 2.36. The number of unbranched alkanes of at least 4 members (excludes halogenated alkanes) is 9. The van der Waals surface area contributed by atoms with Gasteiger partial charge in [-0.2, -0.15) is 0 Å². The lowest BCUT2D eigenvalue weighted by Crippen LogP contribution is -2.29. The Morgan fingerprint density at radius 3 is 1.95 bits per heavy atom. The van der Waals surface area contributed by atoms with Crippen LogP contribution in [0.15, 0.2) is 77.7 Å². The summed E-state index contributed by atoms with van der Waals surface area (Å²) in [5.41, 5.74) is 1.81. The van der Waals surface area contributed by atoms with Gasteiger partial charge in [-0.1, -0.05) is 119 Å². The number of hydrogen-bond donors (Lipinski definition) is 3. The van der Waals surface area contributed by atoms with Crippen LogP contribution in [0.4, 0.5) is 17.1 Å². The molecule has 0 aliphatic rings. The molecule has 0 radical (unpaired) electrons. The highest BCUT2D eigenvalue weighted by atomic mass is 35.5. The third kappa shape index (κ3) is 10.1. The Morgan fingerprint density at radius 2 is 1.33 bits per heavy atom. The van der Waals surface area contributed by atoms with Gasteiger partial charge in [0, 0.05) is 18.3 Å². The van der Waals surface area contributed by atoms with Crippen molar-refractivity contribution in [1.29, 1.82) is 0 Å². The molecule has 1 atom stereocenters. The summed E-state index contributed by atoms with van der Waals surface area (Å²) in [5, 5.41) is 16.8. The number of nitrogens with one attached hydrogen (secondary N) is 2. The minimum Gasteiger partial charge on any atom is -0.506 e. The lowest BCUT2D eigenvalue weighted by molar-refractivity contribution is 0.478. The monoisotopic (exact) mass is 570 g/mol. The second-order valence-electron chi connectivity index (χ2n) is 10.2. The zero-order chi connectivity index (χ0) is 27.9. The van der Waals surface area contributed by atoms with Crippen molar-refractivity contribution in [2.45, 2.75) is 87.7 Å². The Labute approximate surface area is 239 Å². The number of rotatable bonds is 18. The number of hydrogen-bond acceptors (Lipinski definition) is 5. The van der Waals surface area contributed by atoms with Crippen molar-refractivity contribution < 1.29 is 13.5 Å². The Morgan fingerprint density at radius 1 is 0.769 bits per heavy atom. The highest BCUT2D eigenvalue weighted by molar-refractivity contribution is 7.92. The normalized spacial score (nSPS) is 12.3. The van der Waals surface area contributed by atoms with Crippen molar-refractivity contribution >= 4 is 38.5 Å². The zero-order valence-corrected chi connectivity index (χ0v) is 24.6. The minimum atomic E-state index is -3.53. The molecule has 0 aliphatic heterocycles. The van der Waals surface area contributed by atoms with Crippen LogP contribution >= 0.6 is 11.6 Å². The van der Waals surface area contributed by atoms with Gasteiger partial charge in [0.1, 0.15) is 5.75 Å². The lowest BCUT2D eigenvalue weighted by Gasteiger charge is -2.20. The van der Waals surface area contributed by atoms with E-state index < -0.39 is 15.1 Å². The molecule has 0 spiro atoms. The molecule has 3 aromatic carbocycles. The van der Waals surface area contributed by atoms with E-state index >= 15 is 0 Å². The number of phenolic OH excluding ortho intramolecular Hbond substituents is 1. The van der Waals surface area contributed by atoms with Gasteiger partial charge in [0.25, 0.3) is 0 Å². The fourth-order valence-corrected chi connectivity index (χ4v) is 6.66. The molecular weight excluding hydrogens is 528 g/mol. The minimum absolute atomic E-state index is 0.0305. The van der Waals surface area contributed by atoms with Gasteiger partial charge in [-0.25, -0.2) is 8.42 Å². The van der Waals surface area contributed by atoms with Crippen LogP contribution in [0.5, 0.6) is 5.75 Å². The van der Waals surface area contributed by atoms with Crippen LogP contribution in [0.25, 0.3) is 0 Å². The Kier molecular flexibility index (Phi) is 13.0.